The van der Waals surface area contributed by atoms with E-state index in [0.717, 1.165) is 0 Å². The van der Waals surface area contributed by atoms with Crippen LogP contribution in [0.5, 0.6) is 0 Å². The van der Waals surface area contributed by atoms with Gasteiger partial charge in [0.1, 0.15) is 0 Å². The van der Waals surface area contributed by atoms with Crippen LogP contribution in [0.2, 0.25) is 0 Å². The molecule has 3 nitrogen and oxygen atoms in total. The van der Waals surface area contributed by atoms with Crippen molar-refractivity contribution in [1.82, 2.24) is 5.32 Å². The Morgan fingerprint density at radius 3 is 2.00 bits per heavy atom. The molecule has 0 aliphatic carbocycles. The summed E-state index contributed by atoms with van der Waals surface area (Å²) in [5, 5.41) is 2.68. The van der Waals surface area contributed by atoms with Crippen molar-refractivity contribution in [2.24, 2.45) is 5.73 Å². The SMILES string of the molecule is CC(C)NC(=O)[C@@H](C)N. The molecular formula is C6H14N2O. The summed E-state index contributed by atoms with van der Waals surface area (Å²) in [5.74, 6) is -0.0926. The van der Waals surface area contributed by atoms with Crippen LogP contribution in [0.3, 0.4) is 0 Å². The molecule has 3 heteroatoms. The Balaban J connectivity index is 3.51. The maximum absolute atomic E-state index is 10.7. The topological polar surface area (TPSA) is 55.1 Å². The standard InChI is InChI=1S/C6H14N2O/c1-4(2)8-6(9)5(3)7/h4-5H,7H2,1-3H3,(H,8,9)/t5-/m1/s1. The first-order chi connectivity index (χ1) is 4.04. The fourth-order valence-electron chi connectivity index (χ4n) is 0.416. The van der Waals surface area contributed by atoms with Gasteiger partial charge in [-0.2, -0.15) is 0 Å². The molecule has 0 radical (unpaired) electrons. The van der Waals surface area contributed by atoms with Gasteiger partial charge in [-0.25, -0.2) is 0 Å². The second-order valence-electron chi connectivity index (χ2n) is 2.45. The number of amides is 1. The lowest BCUT2D eigenvalue weighted by atomic mass is 10.3. The molecule has 0 saturated carbocycles. The molecule has 0 aromatic heterocycles. The van der Waals surface area contributed by atoms with Gasteiger partial charge in [-0.15, -0.1) is 0 Å². The fourth-order valence-corrected chi connectivity index (χ4v) is 0.416. The van der Waals surface area contributed by atoms with Gasteiger partial charge in [-0.1, -0.05) is 0 Å². The van der Waals surface area contributed by atoms with Gasteiger partial charge >= 0.3 is 0 Å². The highest BCUT2D eigenvalue weighted by Crippen LogP contribution is 1.79. The van der Waals surface area contributed by atoms with E-state index < -0.39 is 6.04 Å². The smallest absolute Gasteiger partial charge is 0.236 e. The summed E-state index contributed by atoms with van der Waals surface area (Å²) in [7, 11) is 0. The third-order valence-corrected chi connectivity index (χ3v) is 0.844. The highest BCUT2D eigenvalue weighted by molar-refractivity contribution is 5.81. The summed E-state index contributed by atoms with van der Waals surface area (Å²) in [6.07, 6.45) is 0. The van der Waals surface area contributed by atoms with Crippen LogP contribution in [-0.2, 0) is 4.79 Å². The summed E-state index contributed by atoms with van der Waals surface area (Å²) >= 11 is 0. The molecule has 0 unspecified atom stereocenters. The molecule has 0 aromatic carbocycles. The fraction of sp³-hybridized carbons (Fsp3) is 0.833. The van der Waals surface area contributed by atoms with E-state index >= 15 is 0 Å². The van der Waals surface area contributed by atoms with Gasteiger partial charge < -0.3 is 11.1 Å². The molecule has 0 saturated heterocycles. The summed E-state index contributed by atoms with van der Waals surface area (Å²) in [5.41, 5.74) is 5.27. The predicted octanol–water partition coefficient (Wildman–Crippen LogP) is -0.142. The maximum Gasteiger partial charge on any atom is 0.236 e. The number of nitrogens with two attached hydrogens (primary N) is 1. The molecule has 9 heavy (non-hydrogen) atoms. The van der Waals surface area contributed by atoms with E-state index in [4.69, 9.17) is 5.73 Å². The van der Waals surface area contributed by atoms with Gasteiger partial charge in [0.15, 0.2) is 0 Å². The van der Waals surface area contributed by atoms with Crippen LogP contribution < -0.4 is 11.1 Å². The molecular weight excluding hydrogens is 116 g/mol. The monoisotopic (exact) mass is 130 g/mol. The quantitative estimate of drug-likeness (QED) is 0.546. The molecule has 0 aliphatic heterocycles. The lowest BCUT2D eigenvalue weighted by Crippen LogP contribution is -2.41. The van der Waals surface area contributed by atoms with Crippen molar-refractivity contribution < 1.29 is 4.79 Å². The van der Waals surface area contributed by atoms with Crippen molar-refractivity contribution >= 4 is 5.91 Å². The normalized spacial score (nSPS) is 13.4. The van der Waals surface area contributed by atoms with Crippen LogP contribution >= 0.6 is 0 Å². The molecule has 1 atom stereocenters. The Kier molecular flexibility index (Phi) is 3.24. The molecule has 3 N–H and O–H groups in total. The van der Waals surface area contributed by atoms with Crippen LogP contribution in [0.1, 0.15) is 20.8 Å². The molecule has 0 spiro atoms. The second-order valence-corrected chi connectivity index (χ2v) is 2.45. The van der Waals surface area contributed by atoms with Gasteiger partial charge in [0.2, 0.25) is 5.91 Å². The average Bonchev–Trinajstić information content (AvgIpc) is 1.63. The van der Waals surface area contributed by atoms with Crippen LogP contribution in [-0.4, -0.2) is 18.0 Å². The van der Waals surface area contributed by atoms with E-state index in [1.54, 1.807) is 6.92 Å². The number of carbonyl (C=O) groups excluding carboxylic acids is 1. The zero-order chi connectivity index (χ0) is 7.44. The van der Waals surface area contributed by atoms with Crippen LogP contribution in [0, 0.1) is 0 Å². The van der Waals surface area contributed by atoms with Crippen molar-refractivity contribution in [1.29, 1.82) is 0 Å². The number of hydrogen-bond donors (Lipinski definition) is 2. The predicted molar refractivity (Wildman–Crippen MR) is 36.9 cm³/mol. The lowest BCUT2D eigenvalue weighted by molar-refractivity contribution is -0.122. The Morgan fingerprint density at radius 1 is 1.44 bits per heavy atom. The minimum Gasteiger partial charge on any atom is -0.353 e. The first kappa shape index (κ1) is 8.43. The van der Waals surface area contributed by atoms with Crippen molar-refractivity contribution in [2.75, 3.05) is 0 Å². The highest BCUT2D eigenvalue weighted by Gasteiger charge is 2.06. The second kappa shape index (κ2) is 3.45. The Bertz CT molecular complexity index is 99.2. The summed E-state index contributed by atoms with van der Waals surface area (Å²) in [6.45, 7) is 5.47. The molecule has 0 fully saturated rings. The molecule has 0 aliphatic rings. The largest absolute Gasteiger partial charge is 0.353 e. The molecule has 0 rings (SSSR count). The van der Waals surface area contributed by atoms with Gasteiger partial charge in [-0.05, 0) is 20.8 Å². The lowest BCUT2D eigenvalue weighted by Gasteiger charge is -2.09. The van der Waals surface area contributed by atoms with Gasteiger partial charge in [0.05, 0.1) is 6.04 Å². The average molecular weight is 130 g/mol. The zero-order valence-corrected chi connectivity index (χ0v) is 6.14. The van der Waals surface area contributed by atoms with E-state index in [-0.39, 0.29) is 11.9 Å². The number of carbonyl (C=O) groups is 1. The van der Waals surface area contributed by atoms with Crippen LogP contribution in [0.4, 0.5) is 0 Å². The van der Waals surface area contributed by atoms with Crippen LogP contribution in [0.25, 0.3) is 0 Å². The number of hydrogen-bond acceptors (Lipinski definition) is 2. The first-order valence-corrected chi connectivity index (χ1v) is 3.10. The molecule has 54 valence electrons. The van der Waals surface area contributed by atoms with Crippen molar-refractivity contribution in [3.63, 3.8) is 0 Å². The van der Waals surface area contributed by atoms with Crippen LogP contribution in [0.15, 0.2) is 0 Å². The minimum atomic E-state index is -0.396. The third kappa shape index (κ3) is 3.97. The van der Waals surface area contributed by atoms with E-state index in [9.17, 15) is 4.79 Å². The number of rotatable bonds is 2. The molecule has 1 amide bonds. The van der Waals surface area contributed by atoms with E-state index in [2.05, 4.69) is 5.32 Å². The van der Waals surface area contributed by atoms with E-state index in [1.165, 1.54) is 0 Å². The summed E-state index contributed by atoms with van der Waals surface area (Å²) in [6, 6.07) is -0.212. The Hall–Kier alpha value is -0.570. The third-order valence-electron chi connectivity index (χ3n) is 0.844. The molecule has 0 bridgehead atoms. The zero-order valence-electron chi connectivity index (χ0n) is 6.14. The first-order valence-electron chi connectivity index (χ1n) is 3.10. The number of nitrogens with one attached hydrogen (secondary N) is 1. The van der Waals surface area contributed by atoms with Crippen molar-refractivity contribution in [2.45, 2.75) is 32.9 Å². The Morgan fingerprint density at radius 2 is 1.89 bits per heavy atom. The van der Waals surface area contributed by atoms with Crippen molar-refractivity contribution in [3.8, 4) is 0 Å². The van der Waals surface area contributed by atoms with E-state index in [0.29, 0.717) is 0 Å². The van der Waals surface area contributed by atoms with Gasteiger partial charge in [0, 0.05) is 6.04 Å². The molecule has 0 heterocycles. The van der Waals surface area contributed by atoms with Crippen molar-refractivity contribution in [3.05, 3.63) is 0 Å². The highest BCUT2D eigenvalue weighted by atomic mass is 16.2. The minimum absolute atomic E-state index is 0.0926. The molecule has 0 aromatic rings. The van der Waals surface area contributed by atoms with Gasteiger partial charge in [-0.3, -0.25) is 4.79 Å². The van der Waals surface area contributed by atoms with E-state index in [1.807, 2.05) is 13.8 Å². The summed E-state index contributed by atoms with van der Waals surface area (Å²) < 4.78 is 0. The summed E-state index contributed by atoms with van der Waals surface area (Å²) in [4.78, 5) is 10.7. The Labute approximate surface area is 55.6 Å². The maximum atomic E-state index is 10.7. The van der Waals surface area contributed by atoms with Gasteiger partial charge in [0.25, 0.3) is 0 Å².